The summed E-state index contributed by atoms with van der Waals surface area (Å²) in [5.74, 6) is -0.0783. The van der Waals surface area contributed by atoms with Gasteiger partial charge in [0.25, 0.3) is 0 Å². The Bertz CT molecular complexity index is 700. The summed E-state index contributed by atoms with van der Waals surface area (Å²) in [6.07, 6.45) is 1.57. The zero-order valence-electron chi connectivity index (χ0n) is 10.5. The monoisotopic (exact) mass is 293 g/mol. The van der Waals surface area contributed by atoms with E-state index in [2.05, 4.69) is 10.2 Å². The summed E-state index contributed by atoms with van der Waals surface area (Å²) >= 11 is 7.37. The van der Waals surface area contributed by atoms with Crippen molar-refractivity contribution in [3.8, 4) is 0 Å². The number of nitrogens with zero attached hydrogens (tertiary/aromatic N) is 3. The minimum absolute atomic E-state index is 0.0783. The number of benzene rings is 1. The van der Waals surface area contributed by atoms with E-state index in [1.807, 2.05) is 30.5 Å². The third-order valence-corrected chi connectivity index (χ3v) is 3.72. The van der Waals surface area contributed by atoms with E-state index < -0.39 is 0 Å². The second kappa shape index (κ2) is 5.95. The van der Waals surface area contributed by atoms with E-state index >= 15 is 0 Å². The van der Waals surface area contributed by atoms with Gasteiger partial charge in [-0.25, -0.2) is 0 Å². The van der Waals surface area contributed by atoms with Crippen LogP contribution in [-0.4, -0.2) is 16.7 Å². The van der Waals surface area contributed by atoms with Gasteiger partial charge in [-0.15, -0.1) is 16.4 Å². The quantitative estimate of drug-likeness (QED) is 0.620. The van der Waals surface area contributed by atoms with Crippen LogP contribution in [0.15, 0.2) is 39.8 Å². The predicted octanol–water partition coefficient (Wildman–Crippen LogP) is 3.11. The first-order chi connectivity index (χ1) is 9.09. The van der Waals surface area contributed by atoms with Gasteiger partial charge < -0.3 is 0 Å². The van der Waals surface area contributed by atoms with Gasteiger partial charge in [-0.2, -0.15) is 5.10 Å². The van der Waals surface area contributed by atoms with Crippen molar-refractivity contribution in [3.63, 3.8) is 0 Å². The molecule has 1 heterocycles. The molecule has 0 saturated heterocycles. The topological polar surface area (TPSA) is 46.7 Å². The van der Waals surface area contributed by atoms with Gasteiger partial charge in [0, 0.05) is 28.6 Å². The van der Waals surface area contributed by atoms with Crippen molar-refractivity contribution in [2.45, 2.75) is 13.8 Å². The molecule has 0 aliphatic carbocycles. The highest BCUT2D eigenvalue weighted by Gasteiger charge is 2.04. The van der Waals surface area contributed by atoms with Crippen LogP contribution in [-0.2, 0) is 0 Å². The van der Waals surface area contributed by atoms with E-state index in [0.717, 1.165) is 11.3 Å². The van der Waals surface area contributed by atoms with Gasteiger partial charge in [-0.05, 0) is 13.0 Å². The summed E-state index contributed by atoms with van der Waals surface area (Å²) in [6, 6.07) is 7.36. The number of carbonyl (C=O) groups is 1. The molecular formula is C13H12ClN3OS. The molecule has 1 aromatic carbocycles. The van der Waals surface area contributed by atoms with Gasteiger partial charge in [0.1, 0.15) is 0 Å². The van der Waals surface area contributed by atoms with Crippen LogP contribution in [0.1, 0.15) is 23.0 Å². The summed E-state index contributed by atoms with van der Waals surface area (Å²) in [5.41, 5.74) is 1.64. The molecule has 0 aliphatic rings. The van der Waals surface area contributed by atoms with Gasteiger partial charge in [-0.1, -0.05) is 29.8 Å². The van der Waals surface area contributed by atoms with Crippen molar-refractivity contribution >= 4 is 35.1 Å². The Hall–Kier alpha value is -1.72. The Kier molecular flexibility index (Phi) is 4.29. The van der Waals surface area contributed by atoms with E-state index in [4.69, 9.17) is 11.6 Å². The molecule has 4 nitrogen and oxygen atoms in total. The number of rotatable bonds is 2. The summed E-state index contributed by atoms with van der Waals surface area (Å²) in [4.78, 5) is 12.0. The highest BCUT2D eigenvalue weighted by molar-refractivity contribution is 7.07. The Morgan fingerprint density at radius 1 is 1.42 bits per heavy atom. The lowest BCUT2D eigenvalue weighted by Gasteiger charge is -1.97. The Morgan fingerprint density at radius 3 is 2.84 bits per heavy atom. The van der Waals surface area contributed by atoms with Crippen molar-refractivity contribution in [3.05, 3.63) is 50.7 Å². The van der Waals surface area contributed by atoms with Gasteiger partial charge in [0.05, 0.1) is 6.21 Å². The molecule has 0 atom stereocenters. The molecule has 1 aromatic heterocycles. The molecule has 0 spiro atoms. The molecule has 0 N–H and O–H groups in total. The standard InChI is InChI=1S/C13H12ClN3OS/c1-9-8-19-13(17(9)10(2)18)16-15-7-11-5-3-4-6-12(11)14/h3-8H,1-2H3. The number of hydrogen-bond acceptors (Lipinski definition) is 4. The second-order valence-electron chi connectivity index (χ2n) is 3.88. The van der Waals surface area contributed by atoms with E-state index in [0.29, 0.717) is 9.82 Å². The van der Waals surface area contributed by atoms with E-state index in [1.165, 1.54) is 22.8 Å². The summed E-state index contributed by atoms with van der Waals surface area (Å²) in [6.45, 7) is 3.35. The van der Waals surface area contributed by atoms with Crippen molar-refractivity contribution in [2.24, 2.45) is 10.2 Å². The first kappa shape index (κ1) is 13.7. The fourth-order valence-corrected chi connectivity index (χ4v) is 2.60. The van der Waals surface area contributed by atoms with Crippen LogP contribution in [0.5, 0.6) is 0 Å². The fourth-order valence-electron chi connectivity index (χ4n) is 1.57. The maximum Gasteiger partial charge on any atom is 0.230 e. The minimum Gasteiger partial charge on any atom is -0.274 e. The summed E-state index contributed by atoms with van der Waals surface area (Å²) in [7, 11) is 0. The maximum absolute atomic E-state index is 11.5. The number of thiazole rings is 1. The third kappa shape index (κ3) is 3.19. The summed E-state index contributed by atoms with van der Waals surface area (Å²) < 4.78 is 1.52. The zero-order valence-corrected chi connectivity index (χ0v) is 12.1. The number of halogens is 1. The predicted molar refractivity (Wildman–Crippen MR) is 78.0 cm³/mol. The maximum atomic E-state index is 11.5. The Morgan fingerprint density at radius 2 is 2.16 bits per heavy atom. The first-order valence-electron chi connectivity index (χ1n) is 5.59. The van der Waals surface area contributed by atoms with Crippen LogP contribution in [0.2, 0.25) is 5.02 Å². The number of aromatic nitrogens is 1. The van der Waals surface area contributed by atoms with Gasteiger partial charge in [-0.3, -0.25) is 9.36 Å². The smallest absolute Gasteiger partial charge is 0.230 e. The molecule has 2 rings (SSSR count). The van der Waals surface area contributed by atoms with E-state index in [-0.39, 0.29) is 5.91 Å². The van der Waals surface area contributed by atoms with Crippen molar-refractivity contribution in [1.29, 1.82) is 0 Å². The molecule has 0 aliphatic heterocycles. The van der Waals surface area contributed by atoms with Crippen LogP contribution < -0.4 is 4.80 Å². The van der Waals surface area contributed by atoms with E-state index in [1.54, 1.807) is 12.3 Å². The first-order valence-corrected chi connectivity index (χ1v) is 6.85. The van der Waals surface area contributed by atoms with Crippen molar-refractivity contribution in [1.82, 2.24) is 4.57 Å². The van der Waals surface area contributed by atoms with Crippen molar-refractivity contribution in [2.75, 3.05) is 0 Å². The average Bonchev–Trinajstić information content (AvgIpc) is 2.73. The molecule has 0 bridgehead atoms. The largest absolute Gasteiger partial charge is 0.274 e. The Balaban J connectivity index is 2.34. The number of hydrogen-bond donors (Lipinski definition) is 0. The molecule has 6 heteroatoms. The lowest BCUT2D eigenvalue weighted by molar-refractivity contribution is 0.0931. The highest BCUT2D eigenvalue weighted by Crippen LogP contribution is 2.12. The molecular weight excluding hydrogens is 282 g/mol. The van der Waals surface area contributed by atoms with Crippen LogP contribution in [0.25, 0.3) is 0 Å². The van der Waals surface area contributed by atoms with E-state index in [9.17, 15) is 4.79 Å². The van der Waals surface area contributed by atoms with Gasteiger partial charge >= 0.3 is 0 Å². The molecule has 0 unspecified atom stereocenters. The number of carbonyl (C=O) groups excluding carboxylic acids is 1. The summed E-state index contributed by atoms with van der Waals surface area (Å²) in [5, 5.41) is 10.5. The lowest BCUT2D eigenvalue weighted by Crippen LogP contribution is -2.21. The molecule has 2 aromatic rings. The normalized spacial score (nSPS) is 12.3. The molecule has 0 fully saturated rings. The van der Waals surface area contributed by atoms with Crippen molar-refractivity contribution < 1.29 is 4.79 Å². The molecule has 0 radical (unpaired) electrons. The minimum atomic E-state index is -0.0783. The third-order valence-electron chi connectivity index (χ3n) is 2.44. The number of aryl methyl sites for hydroxylation is 1. The Labute approximate surface area is 119 Å². The van der Waals surface area contributed by atoms with Gasteiger partial charge in [0.15, 0.2) is 0 Å². The highest BCUT2D eigenvalue weighted by atomic mass is 35.5. The molecule has 0 saturated carbocycles. The van der Waals surface area contributed by atoms with Crippen LogP contribution in [0.4, 0.5) is 0 Å². The lowest BCUT2D eigenvalue weighted by atomic mass is 10.2. The zero-order chi connectivity index (χ0) is 13.8. The molecule has 0 amide bonds. The molecule has 19 heavy (non-hydrogen) atoms. The fraction of sp³-hybridized carbons (Fsp3) is 0.154. The van der Waals surface area contributed by atoms with Crippen LogP contribution >= 0.6 is 22.9 Å². The van der Waals surface area contributed by atoms with Gasteiger partial charge in [0.2, 0.25) is 10.7 Å². The van der Waals surface area contributed by atoms with Crippen LogP contribution in [0, 0.1) is 6.92 Å². The second-order valence-corrected chi connectivity index (χ2v) is 5.12. The SMILES string of the molecule is CC(=O)n1c(C)csc1=NN=Cc1ccccc1Cl. The molecule has 98 valence electrons. The average molecular weight is 294 g/mol. The van der Waals surface area contributed by atoms with Crippen LogP contribution in [0.3, 0.4) is 0 Å².